The zero-order chi connectivity index (χ0) is 13.8. The van der Waals surface area contributed by atoms with E-state index in [1.165, 1.54) is 0 Å². The number of anilines is 2. The van der Waals surface area contributed by atoms with E-state index in [1.54, 1.807) is 24.5 Å². The molecule has 0 spiro atoms. The van der Waals surface area contributed by atoms with Crippen LogP contribution in [0.25, 0.3) is 0 Å². The largest absolute Gasteiger partial charge is 0.409 e. The molecule has 0 saturated heterocycles. The van der Waals surface area contributed by atoms with E-state index in [9.17, 15) is 0 Å². The lowest BCUT2D eigenvalue weighted by Crippen LogP contribution is -2.14. The van der Waals surface area contributed by atoms with Gasteiger partial charge in [0.15, 0.2) is 5.84 Å². The smallest absolute Gasteiger partial charge is 0.170 e. The molecule has 5 nitrogen and oxygen atoms in total. The average molecular weight is 321 g/mol. The van der Waals surface area contributed by atoms with Crippen molar-refractivity contribution in [2.75, 3.05) is 11.9 Å². The Morgan fingerprint density at radius 1 is 1.32 bits per heavy atom. The molecule has 0 bridgehead atoms. The summed E-state index contributed by atoms with van der Waals surface area (Å²) in [6.07, 6.45) is 3.48. The molecule has 1 aromatic carbocycles. The van der Waals surface area contributed by atoms with Crippen molar-refractivity contribution in [3.63, 3.8) is 0 Å². The Morgan fingerprint density at radius 3 is 2.58 bits per heavy atom. The van der Waals surface area contributed by atoms with Crippen LogP contribution in [0, 0.1) is 0 Å². The number of pyridine rings is 1. The van der Waals surface area contributed by atoms with Gasteiger partial charge >= 0.3 is 0 Å². The summed E-state index contributed by atoms with van der Waals surface area (Å²) in [5.41, 5.74) is 8.19. The maximum absolute atomic E-state index is 8.62. The van der Waals surface area contributed by atoms with Gasteiger partial charge in [-0.1, -0.05) is 5.16 Å². The molecule has 0 saturated carbocycles. The molecule has 0 aliphatic rings. The molecule has 0 fully saturated rings. The van der Waals surface area contributed by atoms with Crippen LogP contribution >= 0.6 is 15.9 Å². The van der Waals surface area contributed by atoms with E-state index in [2.05, 4.69) is 26.1 Å². The van der Waals surface area contributed by atoms with E-state index in [4.69, 9.17) is 10.9 Å². The highest BCUT2D eigenvalue weighted by Crippen LogP contribution is 2.29. The van der Waals surface area contributed by atoms with Crippen LogP contribution in [0.4, 0.5) is 11.4 Å². The highest BCUT2D eigenvalue weighted by molar-refractivity contribution is 9.10. The minimum Gasteiger partial charge on any atom is -0.409 e. The van der Waals surface area contributed by atoms with E-state index < -0.39 is 0 Å². The first-order valence-electron chi connectivity index (χ1n) is 5.54. The predicted molar refractivity (Wildman–Crippen MR) is 79.0 cm³/mol. The van der Waals surface area contributed by atoms with Gasteiger partial charge in [0.05, 0.1) is 10.2 Å². The van der Waals surface area contributed by atoms with Gasteiger partial charge < -0.3 is 15.8 Å². The monoisotopic (exact) mass is 320 g/mol. The molecule has 2 aromatic rings. The third-order valence-corrected chi connectivity index (χ3v) is 3.38. The van der Waals surface area contributed by atoms with Crippen LogP contribution in [0.5, 0.6) is 0 Å². The predicted octanol–water partition coefficient (Wildman–Crippen LogP) is 2.71. The van der Waals surface area contributed by atoms with Crippen LogP contribution in [-0.4, -0.2) is 23.1 Å². The maximum Gasteiger partial charge on any atom is 0.170 e. The SMILES string of the molecule is CN(c1ccc(/C(N)=N/O)cc1)c1ccncc1Br. The van der Waals surface area contributed by atoms with Crippen molar-refractivity contribution in [2.24, 2.45) is 10.9 Å². The number of oxime groups is 1. The van der Waals surface area contributed by atoms with Crippen molar-refractivity contribution in [3.8, 4) is 0 Å². The van der Waals surface area contributed by atoms with Gasteiger partial charge in [0.25, 0.3) is 0 Å². The molecular formula is C13H13BrN4O. The van der Waals surface area contributed by atoms with Gasteiger partial charge in [-0.25, -0.2) is 0 Å². The minimum absolute atomic E-state index is 0.0966. The van der Waals surface area contributed by atoms with Gasteiger partial charge in [0, 0.05) is 30.7 Å². The fraction of sp³-hybridized carbons (Fsp3) is 0.0769. The Morgan fingerprint density at radius 2 is 2.00 bits per heavy atom. The highest BCUT2D eigenvalue weighted by atomic mass is 79.9. The van der Waals surface area contributed by atoms with Gasteiger partial charge in [-0.2, -0.15) is 0 Å². The quantitative estimate of drug-likeness (QED) is 0.394. The normalized spacial score (nSPS) is 11.4. The average Bonchev–Trinajstić information content (AvgIpc) is 2.46. The van der Waals surface area contributed by atoms with Crippen molar-refractivity contribution >= 4 is 33.1 Å². The lowest BCUT2D eigenvalue weighted by Gasteiger charge is -2.20. The first-order chi connectivity index (χ1) is 9.13. The molecule has 0 amide bonds. The molecule has 0 aliphatic carbocycles. The third kappa shape index (κ3) is 2.85. The standard InChI is InChI=1S/C13H13BrN4O/c1-18(12-6-7-16-8-11(12)14)10-4-2-9(3-5-10)13(15)17-19/h2-8,19H,1H3,(H2,15,17). The summed E-state index contributed by atoms with van der Waals surface area (Å²) in [5, 5.41) is 11.6. The van der Waals surface area contributed by atoms with Crippen molar-refractivity contribution in [1.82, 2.24) is 4.98 Å². The Balaban J connectivity index is 2.30. The molecule has 2 rings (SSSR count). The first-order valence-corrected chi connectivity index (χ1v) is 6.34. The minimum atomic E-state index is 0.0966. The van der Waals surface area contributed by atoms with Crippen LogP contribution < -0.4 is 10.6 Å². The lowest BCUT2D eigenvalue weighted by molar-refractivity contribution is 0.318. The number of amidine groups is 1. The van der Waals surface area contributed by atoms with Gasteiger partial charge in [0.1, 0.15) is 0 Å². The zero-order valence-electron chi connectivity index (χ0n) is 10.3. The lowest BCUT2D eigenvalue weighted by atomic mass is 10.2. The van der Waals surface area contributed by atoms with Crippen molar-refractivity contribution in [2.45, 2.75) is 0 Å². The summed E-state index contributed by atoms with van der Waals surface area (Å²) < 4.78 is 0.915. The third-order valence-electron chi connectivity index (χ3n) is 2.77. The summed E-state index contributed by atoms with van der Waals surface area (Å²) in [6.45, 7) is 0. The first kappa shape index (κ1) is 13.4. The second-order valence-electron chi connectivity index (χ2n) is 3.92. The Hall–Kier alpha value is -2.08. The maximum atomic E-state index is 8.62. The summed E-state index contributed by atoms with van der Waals surface area (Å²) in [6, 6.07) is 9.33. The van der Waals surface area contributed by atoms with E-state index in [0.717, 1.165) is 15.8 Å². The van der Waals surface area contributed by atoms with Crippen molar-refractivity contribution < 1.29 is 5.21 Å². The number of hydrogen-bond donors (Lipinski definition) is 2. The van der Waals surface area contributed by atoms with Gasteiger partial charge in [-0.15, -0.1) is 0 Å². The summed E-state index contributed by atoms with van der Waals surface area (Å²) in [5.74, 6) is 0.0966. The number of nitrogens with zero attached hydrogens (tertiary/aromatic N) is 3. The van der Waals surface area contributed by atoms with Crippen LogP contribution in [0.2, 0.25) is 0 Å². The molecule has 6 heteroatoms. The van der Waals surface area contributed by atoms with E-state index in [1.807, 2.05) is 30.1 Å². The van der Waals surface area contributed by atoms with E-state index in [-0.39, 0.29) is 5.84 Å². The van der Waals surface area contributed by atoms with Gasteiger partial charge in [0.2, 0.25) is 0 Å². The highest BCUT2D eigenvalue weighted by Gasteiger charge is 2.08. The molecule has 1 heterocycles. The Kier molecular flexibility index (Phi) is 4.01. The van der Waals surface area contributed by atoms with Crippen LogP contribution in [0.15, 0.2) is 52.4 Å². The number of rotatable bonds is 3. The van der Waals surface area contributed by atoms with Gasteiger partial charge in [-0.3, -0.25) is 4.98 Å². The van der Waals surface area contributed by atoms with Crippen LogP contribution in [0.1, 0.15) is 5.56 Å². The van der Waals surface area contributed by atoms with Crippen LogP contribution in [0.3, 0.4) is 0 Å². The number of halogens is 1. The van der Waals surface area contributed by atoms with Crippen molar-refractivity contribution in [1.29, 1.82) is 0 Å². The van der Waals surface area contributed by atoms with Crippen LogP contribution in [-0.2, 0) is 0 Å². The van der Waals surface area contributed by atoms with E-state index in [0.29, 0.717) is 5.56 Å². The number of aromatic nitrogens is 1. The zero-order valence-corrected chi connectivity index (χ0v) is 11.9. The topological polar surface area (TPSA) is 74.7 Å². The summed E-state index contributed by atoms with van der Waals surface area (Å²) in [7, 11) is 1.96. The molecule has 0 radical (unpaired) electrons. The summed E-state index contributed by atoms with van der Waals surface area (Å²) >= 11 is 3.47. The molecule has 98 valence electrons. The second kappa shape index (κ2) is 5.71. The number of nitrogens with two attached hydrogens (primary N) is 1. The molecule has 19 heavy (non-hydrogen) atoms. The van der Waals surface area contributed by atoms with E-state index >= 15 is 0 Å². The Labute approximate surface area is 119 Å². The molecular weight excluding hydrogens is 308 g/mol. The fourth-order valence-corrected chi connectivity index (χ4v) is 2.21. The van der Waals surface area contributed by atoms with Crippen molar-refractivity contribution in [3.05, 3.63) is 52.8 Å². The molecule has 1 aromatic heterocycles. The fourth-order valence-electron chi connectivity index (χ4n) is 1.69. The molecule has 0 atom stereocenters. The number of hydrogen-bond acceptors (Lipinski definition) is 4. The Bertz CT molecular complexity index is 598. The molecule has 3 N–H and O–H groups in total. The number of benzene rings is 1. The molecule has 0 aliphatic heterocycles. The second-order valence-corrected chi connectivity index (χ2v) is 4.77. The molecule has 0 unspecified atom stereocenters. The van der Waals surface area contributed by atoms with Gasteiger partial charge in [-0.05, 0) is 46.3 Å². The summed E-state index contributed by atoms with van der Waals surface area (Å²) in [4.78, 5) is 6.05.